The van der Waals surface area contributed by atoms with Gasteiger partial charge in [-0.3, -0.25) is 4.79 Å². The molecule has 0 aromatic heterocycles. The summed E-state index contributed by atoms with van der Waals surface area (Å²) in [7, 11) is -3.55. The number of hydrogen-bond acceptors (Lipinski definition) is 4. The largest absolute Gasteiger partial charge is 0.490 e. The van der Waals surface area contributed by atoms with Crippen LogP contribution in [0.15, 0.2) is 23.1 Å². The molecule has 0 radical (unpaired) electrons. The number of rotatable bonds is 4. The number of aryl methyl sites for hydroxylation is 1. The van der Waals surface area contributed by atoms with Gasteiger partial charge >= 0.3 is 0 Å². The number of carbonyl (C=O) groups excluding carboxylic acids is 1. The number of ether oxygens (including phenoxy) is 1. The maximum Gasteiger partial charge on any atom is 0.243 e. The molecule has 1 saturated carbocycles. The summed E-state index contributed by atoms with van der Waals surface area (Å²) in [5.41, 5.74) is 0.699. The lowest BCUT2D eigenvalue weighted by Gasteiger charge is -2.33. The molecule has 1 heterocycles. The standard InChI is InChI=1S/C18H26N2O4S/c1-14-13-17(24-16-5-3-4-6-16)7-8-18(14)25(22,23)20-11-9-19(10-12-20)15(2)21/h7-8,13,16H,3-6,9-12H2,1-2H3. The third-order valence-corrected chi connectivity index (χ3v) is 7.11. The van der Waals surface area contributed by atoms with Gasteiger partial charge in [0.1, 0.15) is 5.75 Å². The zero-order valence-corrected chi connectivity index (χ0v) is 15.7. The number of piperazine rings is 1. The predicted octanol–water partition coefficient (Wildman–Crippen LogP) is 2.17. The number of nitrogens with zero attached hydrogens (tertiary/aromatic N) is 2. The summed E-state index contributed by atoms with van der Waals surface area (Å²) in [5, 5.41) is 0. The Balaban J connectivity index is 1.72. The molecular weight excluding hydrogens is 340 g/mol. The minimum absolute atomic E-state index is 0.0124. The van der Waals surface area contributed by atoms with Crippen molar-refractivity contribution < 1.29 is 17.9 Å². The minimum atomic E-state index is -3.55. The highest BCUT2D eigenvalue weighted by Gasteiger charge is 2.30. The Hall–Kier alpha value is -1.60. The van der Waals surface area contributed by atoms with Crippen molar-refractivity contribution in [1.29, 1.82) is 0 Å². The number of hydrogen-bond donors (Lipinski definition) is 0. The van der Waals surface area contributed by atoms with Gasteiger partial charge in [-0.05, 0) is 56.4 Å². The Morgan fingerprint density at radius 3 is 2.32 bits per heavy atom. The zero-order chi connectivity index (χ0) is 18.0. The molecule has 0 bridgehead atoms. The highest BCUT2D eigenvalue weighted by molar-refractivity contribution is 7.89. The third-order valence-electron chi connectivity index (χ3n) is 5.05. The van der Waals surface area contributed by atoms with Crippen LogP contribution in [-0.2, 0) is 14.8 Å². The summed E-state index contributed by atoms with van der Waals surface area (Å²) in [6.45, 7) is 4.87. The number of carbonyl (C=O) groups is 1. The van der Waals surface area contributed by atoms with E-state index in [0.29, 0.717) is 36.6 Å². The van der Waals surface area contributed by atoms with Crippen LogP contribution in [0.25, 0.3) is 0 Å². The quantitative estimate of drug-likeness (QED) is 0.819. The van der Waals surface area contributed by atoms with E-state index >= 15 is 0 Å². The molecule has 138 valence electrons. The van der Waals surface area contributed by atoms with Gasteiger partial charge in [-0.2, -0.15) is 4.31 Å². The van der Waals surface area contributed by atoms with Crippen LogP contribution in [0, 0.1) is 6.92 Å². The van der Waals surface area contributed by atoms with Crippen LogP contribution >= 0.6 is 0 Å². The van der Waals surface area contributed by atoms with E-state index < -0.39 is 10.0 Å². The first-order valence-corrected chi connectivity index (χ1v) is 10.3. The molecule has 25 heavy (non-hydrogen) atoms. The smallest absolute Gasteiger partial charge is 0.243 e. The molecule has 1 aliphatic carbocycles. The van der Waals surface area contributed by atoms with E-state index in [1.54, 1.807) is 24.0 Å². The van der Waals surface area contributed by atoms with E-state index in [1.807, 2.05) is 6.07 Å². The molecule has 0 atom stereocenters. The second-order valence-corrected chi connectivity index (χ2v) is 8.77. The second-order valence-electron chi connectivity index (χ2n) is 6.86. The van der Waals surface area contributed by atoms with E-state index in [0.717, 1.165) is 18.6 Å². The number of sulfonamides is 1. The highest BCUT2D eigenvalue weighted by Crippen LogP contribution is 2.28. The third kappa shape index (κ3) is 3.98. The SMILES string of the molecule is CC(=O)N1CCN(S(=O)(=O)c2ccc(OC3CCCC3)cc2C)CC1. The fourth-order valence-corrected chi connectivity index (χ4v) is 5.19. The van der Waals surface area contributed by atoms with Crippen LogP contribution in [0.2, 0.25) is 0 Å². The van der Waals surface area contributed by atoms with Gasteiger partial charge in [-0.15, -0.1) is 0 Å². The van der Waals surface area contributed by atoms with Gasteiger partial charge in [0.05, 0.1) is 11.0 Å². The topological polar surface area (TPSA) is 66.9 Å². The van der Waals surface area contributed by atoms with E-state index in [-0.39, 0.29) is 12.0 Å². The summed E-state index contributed by atoms with van der Waals surface area (Å²) in [4.78, 5) is 13.4. The molecule has 1 aliphatic heterocycles. The lowest BCUT2D eigenvalue weighted by molar-refractivity contribution is -0.129. The maximum atomic E-state index is 12.9. The summed E-state index contributed by atoms with van der Waals surface area (Å²) >= 11 is 0. The van der Waals surface area contributed by atoms with Crippen LogP contribution in [0.3, 0.4) is 0 Å². The van der Waals surface area contributed by atoms with Crippen molar-refractivity contribution in [3.8, 4) is 5.75 Å². The van der Waals surface area contributed by atoms with Gasteiger partial charge in [-0.25, -0.2) is 8.42 Å². The fourth-order valence-electron chi connectivity index (χ4n) is 3.57. The average molecular weight is 366 g/mol. The van der Waals surface area contributed by atoms with E-state index in [4.69, 9.17) is 4.74 Å². The molecule has 1 aromatic rings. The first-order chi connectivity index (χ1) is 11.9. The average Bonchev–Trinajstić information content (AvgIpc) is 3.07. The van der Waals surface area contributed by atoms with Gasteiger partial charge in [0.15, 0.2) is 0 Å². The summed E-state index contributed by atoms with van der Waals surface area (Å²) in [6, 6.07) is 5.22. The monoisotopic (exact) mass is 366 g/mol. The number of amides is 1. The van der Waals surface area contributed by atoms with Crippen LogP contribution < -0.4 is 4.74 Å². The lowest BCUT2D eigenvalue weighted by Crippen LogP contribution is -2.50. The Kier molecular flexibility index (Phi) is 5.34. The maximum absolute atomic E-state index is 12.9. The van der Waals surface area contributed by atoms with Crippen molar-refractivity contribution in [3.05, 3.63) is 23.8 Å². The predicted molar refractivity (Wildman–Crippen MR) is 95.1 cm³/mol. The van der Waals surface area contributed by atoms with Crippen molar-refractivity contribution in [1.82, 2.24) is 9.21 Å². The van der Waals surface area contributed by atoms with Crippen molar-refractivity contribution in [2.24, 2.45) is 0 Å². The van der Waals surface area contributed by atoms with Crippen LogP contribution in [0.4, 0.5) is 0 Å². The van der Waals surface area contributed by atoms with Crippen molar-refractivity contribution in [2.75, 3.05) is 26.2 Å². The lowest BCUT2D eigenvalue weighted by atomic mass is 10.2. The Bertz CT molecular complexity index is 733. The molecule has 3 rings (SSSR count). The molecule has 0 unspecified atom stereocenters. The van der Waals surface area contributed by atoms with Gasteiger partial charge in [0, 0.05) is 33.1 Å². The summed E-state index contributed by atoms with van der Waals surface area (Å²) in [6.07, 6.45) is 4.78. The van der Waals surface area contributed by atoms with Crippen LogP contribution in [-0.4, -0.2) is 55.8 Å². The van der Waals surface area contributed by atoms with Crippen molar-refractivity contribution >= 4 is 15.9 Å². The Labute approximate surface area is 149 Å². The highest BCUT2D eigenvalue weighted by atomic mass is 32.2. The van der Waals surface area contributed by atoms with E-state index in [9.17, 15) is 13.2 Å². The van der Waals surface area contributed by atoms with E-state index in [1.165, 1.54) is 24.1 Å². The number of benzene rings is 1. The molecule has 2 aliphatic rings. The molecule has 1 amide bonds. The second kappa shape index (κ2) is 7.33. The molecule has 1 aromatic carbocycles. The van der Waals surface area contributed by atoms with Crippen molar-refractivity contribution in [3.63, 3.8) is 0 Å². The van der Waals surface area contributed by atoms with Gasteiger partial charge < -0.3 is 9.64 Å². The first-order valence-electron chi connectivity index (χ1n) is 8.91. The normalized spacial score (nSPS) is 20.0. The van der Waals surface area contributed by atoms with Gasteiger partial charge in [0.25, 0.3) is 0 Å². The van der Waals surface area contributed by atoms with Crippen LogP contribution in [0.1, 0.15) is 38.2 Å². The van der Waals surface area contributed by atoms with Crippen LogP contribution in [0.5, 0.6) is 5.75 Å². The molecule has 7 heteroatoms. The Morgan fingerprint density at radius 2 is 1.76 bits per heavy atom. The summed E-state index contributed by atoms with van der Waals surface area (Å²) in [5.74, 6) is 0.728. The molecular formula is C18H26N2O4S. The van der Waals surface area contributed by atoms with Gasteiger partial charge in [-0.1, -0.05) is 0 Å². The molecule has 0 N–H and O–H groups in total. The van der Waals surface area contributed by atoms with Crippen molar-refractivity contribution in [2.45, 2.75) is 50.5 Å². The fraction of sp³-hybridized carbons (Fsp3) is 0.611. The molecule has 1 saturated heterocycles. The molecule has 0 spiro atoms. The van der Waals surface area contributed by atoms with E-state index in [2.05, 4.69) is 0 Å². The Morgan fingerprint density at radius 1 is 1.12 bits per heavy atom. The summed E-state index contributed by atoms with van der Waals surface area (Å²) < 4.78 is 33.3. The minimum Gasteiger partial charge on any atom is -0.490 e. The van der Waals surface area contributed by atoms with Gasteiger partial charge in [0.2, 0.25) is 15.9 Å². The molecule has 2 fully saturated rings. The zero-order valence-electron chi connectivity index (χ0n) is 14.9. The first kappa shape index (κ1) is 18.2. The molecule has 6 nitrogen and oxygen atoms in total.